The summed E-state index contributed by atoms with van der Waals surface area (Å²) in [7, 11) is 1.15. The van der Waals surface area contributed by atoms with Crippen LogP contribution in [0.25, 0.3) is 17.0 Å². The molecule has 4 aromatic rings. The molecule has 10 heteroatoms. The molecule has 5 rings (SSSR count). The maximum atomic E-state index is 13.8. The lowest BCUT2D eigenvalue weighted by atomic mass is 9.70. The lowest BCUT2D eigenvalue weighted by Crippen LogP contribution is -2.34. The molecule has 3 heterocycles. The van der Waals surface area contributed by atoms with Gasteiger partial charge >= 0.3 is 12.6 Å². The number of hydrogen-bond donors (Lipinski definition) is 1. The van der Waals surface area contributed by atoms with E-state index in [1.807, 2.05) is 51.1 Å². The number of halogens is 2. The fourth-order valence-corrected chi connectivity index (χ4v) is 5.22. The number of ether oxygens (including phenoxy) is 2. The van der Waals surface area contributed by atoms with Crippen LogP contribution in [-0.4, -0.2) is 38.7 Å². The highest BCUT2D eigenvalue weighted by molar-refractivity contribution is 5.94. The molecular weight excluding hydrogens is 496 g/mol. The minimum Gasteiger partial charge on any atom is -0.506 e. The Labute approximate surface area is 217 Å². The van der Waals surface area contributed by atoms with Crippen LogP contribution < -0.4 is 10.3 Å². The fraction of sp³-hybridized carbons (Fsp3) is 0.321. The van der Waals surface area contributed by atoms with Gasteiger partial charge in [0.05, 0.1) is 25.0 Å². The summed E-state index contributed by atoms with van der Waals surface area (Å²) in [5.41, 5.74) is 1.07. The highest BCUT2D eigenvalue weighted by Gasteiger charge is 2.42. The van der Waals surface area contributed by atoms with Crippen molar-refractivity contribution < 1.29 is 28.2 Å². The van der Waals surface area contributed by atoms with Crippen molar-refractivity contribution in [2.45, 2.75) is 46.3 Å². The van der Waals surface area contributed by atoms with Crippen molar-refractivity contribution in [1.82, 2.24) is 14.0 Å². The van der Waals surface area contributed by atoms with Gasteiger partial charge in [0.25, 0.3) is 5.56 Å². The Kier molecular flexibility index (Phi) is 6.21. The third kappa shape index (κ3) is 4.09. The van der Waals surface area contributed by atoms with Gasteiger partial charge in [0.2, 0.25) is 0 Å². The highest BCUT2D eigenvalue weighted by atomic mass is 19.3. The monoisotopic (exact) mass is 523 g/mol. The Morgan fingerprint density at radius 2 is 1.89 bits per heavy atom. The number of rotatable bonds is 5. The van der Waals surface area contributed by atoms with E-state index < -0.39 is 34.9 Å². The van der Waals surface area contributed by atoms with Gasteiger partial charge in [-0.2, -0.15) is 8.78 Å². The van der Waals surface area contributed by atoms with E-state index in [1.54, 1.807) is 16.7 Å². The first-order chi connectivity index (χ1) is 18.0. The first-order valence-corrected chi connectivity index (χ1v) is 12.1. The number of aromatic hydroxyl groups is 1. The van der Waals surface area contributed by atoms with Crippen LogP contribution in [0, 0.1) is 5.41 Å². The molecule has 1 aliphatic rings. The second-order valence-corrected chi connectivity index (χ2v) is 10.3. The molecule has 198 valence electrons. The van der Waals surface area contributed by atoms with Crippen molar-refractivity contribution in [1.29, 1.82) is 0 Å². The summed E-state index contributed by atoms with van der Waals surface area (Å²) >= 11 is 0. The molecule has 8 nitrogen and oxygen atoms in total. The molecular formula is C28H27F2N3O5. The number of hydrogen-bond acceptors (Lipinski definition) is 6. The third-order valence-corrected chi connectivity index (χ3v) is 6.99. The number of benzene rings is 1. The number of nitrogens with zero attached hydrogens (tertiary/aromatic N) is 3. The van der Waals surface area contributed by atoms with Crippen LogP contribution in [0.15, 0.2) is 53.5 Å². The van der Waals surface area contributed by atoms with Crippen molar-refractivity contribution >= 4 is 11.6 Å². The predicted molar refractivity (Wildman–Crippen MR) is 136 cm³/mol. The van der Waals surface area contributed by atoms with Gasteiger partial charge in [0.15, 0.2) is 17.0 Å². The largest absolute Gasteiger partial charge is 0.506 e. The average molecular weight is 524 g/mol. The summed E-state index contributed by atoms with van der Waals surface area (Å²) in [6.07, 6.45) is 2.06. The Balaban J connectivity index is 1.91. The number of alkyl halides is 2. The summed E-state index contributed by atoms with van der Waals surface area (Å²) in [4.78, 5) is 31.2. The minimum atomic E-state index is -3.05. The number of aromatic nitrogens is 3. The van der Waals surface area contributed by atoms with Gasteiger partial charge < -0.3 is 23.5 Å². The number of carbonyl (C=O) groups excluding carboxylic acids is 1. The van der Waals surface area contributed by atoms with Crippen LogP contribution in [0.4, 0.5) is 8.78 Å². The lowest BCUT2D eigenvalue weighted by molar-refractivity contribution is -0.0491. The molecule has 1 unspecified atom stereocenters. The van der Waals surface area contributed by atoms with E-state index in [0.717, 1.165) is 12.7 Å². The second kappa shape index (κ2) is 9.27. The van der Waals surface area contributed by atoms with E-state index in [4.69, 9.17) is 9.47 Å². The quantitative estimate of drug-likeness (QED) is 0.371. The van der Waals surface area contributed by atoms with Crippen molar-refractivity contribution in [3.05, 3.63) is 81.4 Å². The van der Waals surface area contributed by atoms with Crippen molar-refractivity contribution in [2.24, 2.45) is 5.41 Å². The Hall–Kier alpha value is -4.21. The average Bonchev–Trinajstić information content (AvgIpc) is 3.25. The molecule has 1 aromatic carbocycles. The molecule has 0 amide bonds. The van der Waals surface area contributed by atoms with Gasteiger partial charge in [-0.25, -0.2) is 9.78 Å². The lowest BCUT2D eigenvalue weighted by Gasteiger charge is -2.37. The molecule has 0 saturated heterocycles. The molecule has 38 heavy (non-hydrogen) atoms. The zero-order valence-corrected chi connectivity index (χ0v) is 21.4. The van der Waals surface area contributed by atoms with E-state index in [2.05, 4.69) is 4.98 Å². The predicted octanol–water partition coefficient (Wildman–Crippen LogP) is 4.99. The highest BCUT2D eigenvalue weighted by Crippen LogP contribution is 2.51. The van der Waals surface area contributed by atoms with E-state index in [-0.39, 0.29) is 23.9 Å². The summed E-state index contributed by atoms with van der Waals surface area (Å²) in [5.74, 6) is -1.88. The number of carbonyl (C=O) groups is 1. The van der Waals surface area contributed by atoms with Crippen LogP contribution in [0.5, 0.6) is 11.5 Å². The molecule has 0 fully saturated rings. The van der Waals surface area contributed by atoms with Crippen LogP contribution in [-0.2, 0) is 17.7 Å². The molecule has 0 saturated carbocycles. The molecule has 1 aliphatic carbocycles. The third-order valence-electron chi connectivity index (χ3n) is 6.99. The van der Waals surface area contributed by atoms with Crippen LogP contribution in [0.1, 0.15) is 53.9 Å². The molecule has 0 spiro atoms. The normalized spacial score (nSPS) is 14.9. The van der Waals surface area contributed by atoms with Crippen LogP contribution >= 0.6 is 0 Å². The summed E-state index contributed by atoms with van der Waals surface area (Å²) in [6.45, 7) is 3.00. The number of fused-ring (bicyclic) bond motifs is 5. The van der Waals surface area contributed by atoms with Crippen molar-refractivity contribution in [3.8, 4) is 22.9 Å². The zero-order chi connectivity index (χ0) is 27.4. The zero-order valence-electron chi connectivity index (χ0n) is 21.4. The van der Waals surface area contributed by atoms with E-state index in [1.165, 1.54) is 10.6 Å². The first kappa shape index (κ1) is 25.4. The van der Waals surface area contributed by atoms with Gasteiger partial charge in [-0.15, -0.1) is 0 Å². The Bertz CT molecular complexity index is 1600. The Morgan fingerprint density at radius 3 is 2.53 bits per heavy atom. The van der Waals surface area contributed by atoms with E-state index >= 15 is 0 Å². The standard InChI is InChI=1S/C28H27F2N3O5/c1-28(2,3)16-13-17-21(31-24-18(38-27(29)30)11-8-12-32(17)24)22-19(16)23(34)20(26(36)37-4)25(35)33(22)14-15-9-6-5-7-10-15/h5-12,16,27,34H,13-14H2,1-4H3. The van der Waals surface area contributed by atoms with Crippen molar-refractivity contribution in [3.63, 3.8) is 0 Å². The van der Waals surface area contributed by atoms with E-state index in [9.17, 15) is 23.5 Å². The molecule has 0 bridgehead atoms. The summed E-state index contributed by atoms with van der Waals surface area (Å²) in [6, 6.07) is 12.2. The van der Waals surface area contributed by atoms with Gasteiger partial charge in [0.1, 0.15) is 11.4 Å². The second-order valence-electron chi connectivity index (χ2n) is 10.3. The maximum Gasteiger partial charge on any atom is 0.387 e. The number of esters is 1. The van der Waals surface area contributed by atoms with Gasteiger partial charge in [-0.1, -0.05) is 51.1 Å². The Morgan fingerprint density at radius 1 is 1.18 bits per heavy atom. The van der Waals surface area contributed by atoms with Crippen molar-refractivity contribution in [2.75, 3.05) is 7.11 Å². The smallest absolute Gasteiger partial charge is 0.387 e. The molecule has 0 aliphatic heterocycles. The molecule has 1 N–H and O–H groups in total. The van der Waals surface area contributed by atoms with Gasteiger partial charge in [-0.3, -0.25) is 4.79 Å². The number of imidazole rings is 1. The fourth-order valence-electron chi connectivity index (χ4n) is 5.22. The molecule has 1 atom stereocenters. The number of pyridine rings is 2. The minimum absolute atomic E-state index is 0.0802. The van der Waals surface area contributed by atoms with Crippen LogP contribution in [0.2, 0.25) is 0 Å². The van der Waals surface area contributed by atoms with E-state index in [0.29, 0.717) is 29.1 Å². The number of methoxy groups -OCH3 is 1. The molecule has 0 radical (unpaired) electrons. The summed E-state index contributed by atoms with van der Waals surface area (Å²) in [5, 5.41) is 11.4. The van der Waals surface area contributed by atoms with Gasteiger partial charge in [-0.05, 0) is 29.5 Å². The SMILES string of the molecule is COC(=O)c1c(O)c2c(n(Cc3ccccc3)c1=O)-c1nc3c(OC(F)F)cccn3c1CC2C(C)(C)C. The van der Waals surface area contributed by atoms with Crippen LogP contribution in [0.3, 0.4) is 0 Å². The molecule has 3 aromatic heterocycles. The first-order valence-electron chi connectivity index (χ1n) is 12.1. The maximum absolute atomic E-state index is 13.8. The summed E-state index contributed by atoms with van der Waals surface area (Å²) < 4.78 is 39.0. The van der Waals surface area contributed by atoms with Gasteiger partial charge in [0, 0.05) is 17.7 Å². The topological polar surface area (TPSA) is 95.1 Å².